The number of nitrogens with zero attached hydrogens (tertiary/aromatic N) is 3. The fourth-order valence-electron chi connectivity index (χ4n) is 2.01. The second-order valence-corrected chi connectivity index (χ2v) is 5.30. The van der Waals surface area contributed by atoms with Crippen LogP contribution in [0.25, 0.3) is 11.3 Å². The van der Waals surface area contributed by atoms with Gasteiger partial charge in [0.1, 0.15) is 5.69 Å². The summed E-state index contributed by atoms with van der Waals surface area (Å²) in [5.41, 5.74) is 1.76. The molecule has 108 valence electrons. The van der Waals surface area contributed by atoms with Gasteiger partial charge in [-0.25, -0.2) is 0 Å². The van der Waals surface area contributed by atoms with E-state index in [1.54, 1.807) is 12.4 Å². The molecule has 0 spiro atoms. The van der Waals surface area contributed by atoms with Crippen LogP contribution >= 0.6 is 11.7 Å². The molecule has 0 atom stereocenters. The van der Waals surface area contributed by atoms with E-state index in [1.807, 2.05) is 12.1 Å². The van der Waals surface area contributed by atoms with Crippen molar-refractivity contribution in [3.63, 3.8) is 0 Å². The summed E-state index contributed by atoms with van der Waals surface area (Å²) < 4.78 is 14.3. The molecule has 4 nitrogen and oxygen atoms in total. The molecule has 2 rings (SSSR count). The average molecular weight is 291 g/mol. The standard InChI is InChI=1S/C15H21N3OS/c1-2-3-4-5-6-7-11-19-15-14(17-20-18-15)13-9-8-10-16-12-13/h8-10,12H,2-7,11H2,1H3. The Balaban J connectivity index is 1.76. The van der Waals surface area contributed by atoms with Gasteiger partial charge in [0.05, 0.1) is 18.3 Å². The van der Waals surface area contributed by atoms with Crippen LogP contribution in [0, 0.1) is 0 Å². The second kappa shape index (κ2) is 8.64. The van der Waals surface area contributed by atoms with E-state index in [0.29, 0.717) is 12.5 Å². The predicted molar refractivity (Wildman–Crippen MR) is 82.0 cm³/mol. The summed E-state index contributed by atoms with van der Waals surface area (Å²) in [4.78, 5) is 4.10. The van der Waals surface area contributed by atoms with Gasteiger partial charge >= 0.3 is 0 Å². The van der Waals surface area contributed by atoms with Crippen LogP contribution in [0.15, 0.2) is 24.5 Å². The largest absolute Gasteiger partial charge is 0.475 e. The lowest BCUT2D eigenvalue weighted by Gasteiger charge is -2.04. The minimum atomic E-state index is 0.636. The van der Waals surface area contributed by atoms with E-state index < -0.39 is 0 Å². The van der Waals surface area contributed by atoms with E-state index in [1.165, 1.54) is 43.8 Å². The van der Waals surface area contributed by atoms with Crippen LogP contribution in [0.5, 0.6) is 5.88 Å². The molecule has 2 aromatic heterocycles. The van der Waals surface area contributed by atoms with E-state index in [4.69, 9.17) is 4.74 Å². The lowest BCUT2D eigenvalue weighted by molar-refractivity contribution is 0.297. The maximum atomic E-state index is 5.75. The molecule has 0 N–H and O–H groups in total. The summed E-state index contributed by atoms with van der Waals surface area (Å²) in [6.45, 7) is 2.95. The van der Waals surface area contributed by atoms with Crippen molar-refractivity contribution in [3.8, 4) is 17.1 Å². The highest BCUT2D eigenvalue weighted by Gasteiger charge is 2.11. The second-order valence-electron chi connectivity index (χ2n) is 4.78. The molecule has 0 saturated heterocycles. The van der Waals surface area contributed by atoms with E-state index in [-0.39, 0.29) is 0 Å². The van der Waals surface area contributed by atoms with Gasteiger partial charge in [0, 0.05) is 18.0 Å². The summed E-state index contributed by atoms with van der Waals surface area (Å²) in [5.74, 6) is 0.636. The van der Waals surface area contributed by atoms with Crippen LogP contribution < -0.4 is 4.74 Å². The fourth-order valence-corrected chi connectivity index (χ4v) is 2.52. The van der Waals surface area contributed by atoms with Crippen LogP contribution in [0.1, 0.15) is 45.4 Å². The highest BCUT2D eigenvalue weighted by molar-refractivity contribution is 6.99. The van der Waals surface area contributed by atoms with Gasteiger partial charge in [-0.2, -0.15) is 4.37 Å². The van der Waals surface area contributed by atoms with E-state index >= 15 is 0 Å². The fraction of sp³-hybridized carbons (Fsp3) is 0.533. The van der Waals surface area contributed by atoms with Crippen molar-refractivity contribution < 1.29 is 4.74 Å². The molecule has 0 amide bonds. The first-order valence-corrected chi connectivity index (χ1v) is 8.00. The number of rotatable bonds is 9. The van der Waals surface area contributed by atoms with Gasteiger partial charge in [-0.05, 0) is 18.6 Å². The molecule has 0 aliphatic heterocycles. The molecule has 0 aliphatic carbocycles. The number of hydrogen-bond donors (Lipinski definition) is 0. The Labute approximate surface area is 124 Å². The Morgan fingerprint density at radius 2 is 1.95 bits per heavy atom. The highest BCUT2D eigenvalue weighted by Crippen LogP contribution is 2.27. The Bertz CT molecular complexity index is 487. The van der Waals surface area contributed by atoms with Gasteiger partial charge in [0.15, 0.2) is 0 Å². The third kappa shape index (κ3) is 4.56. The van der Waals surface area contributed by atoms with E-state index in [0.717, 1.165) is 17.7 Å². The Kier molecular flexibility index (Phi) is 6.44. The topological polar surface area (TPSA) is 47.9 Å². The van der Waals surface area contributed by atoms with Crippen LogP contribution in [0.3, 0.4) is 0 Å². The van der Waals surface area contributed by atoms with Crippen molar-refractivity contribution in [3.05, 3.63) is 24.5 Å². The van der Waals surface area contributed by atoms with Gasteiger partial charge in [-0.15, -0.1) is 4.37 Å². The number of aromatic nitrogens is 3. The molecule has 2 aromatic rings. The predicted octanol–water partition coefficient (Wildman–Crippen LogP) is 4.34. The molecule has 5 heteroatoms. The lowest BCUT2D eigenvalue weighted by atomic mass is 10.1. The molecular weight excluding hydrogens is 270 g/mol. The number of ether oxygens (including phenoxy) is 1. The summed E-state index contributed by atoms with van der Waals surface area (Å²) in [6, 6.07) is 3.87. The van der Waals surface area contributed by atoms with Crippen molar-refractivity contribution in [1.29, 1.82) is 0 Å². The Morgan fingerprint density at radius 3 is 2.75 bits per heavy atom. The first-order chi connectivity index (χ1) is 9.92. The minimum absolute atomic E-state index is 0.636. The van der Waals surface area contributed by atoms with Crippen molar-refractivity contribution in [2.75, 3.05) is 6.61 Å². The maximum Gasteiger partial charge on any atom is 0.254 e. The Hall–Kier alpha value is -1.49. The monoisotopic (exact) mass is 291 g/mol. The highest BCUT2D eigenvalue weighted by atomic mass is 32.1. The molecule has 0 aromatic carbocycles. The maximum absolute atomic E-state index is 5.75. The first kappa shape index (κ1) is 14.9. The third-order valence-corrected chi connectivity index (χ3v) is 3.64. The zero-order valence-corrected chi connectivity index (χ0v) is 12.7. The zero-order chi connectivity index (χ0) is 14.0. The van der Waals surface area contributed by atoms with E-state index in [9.17, 15) is 0 Å². The minimum Gasteiger partial charge on any atom is -0.475 e. The van der Waals surface area contributed by atoms with Gasteiger partial charge in [-0.3, -0.25) is 4.98 Å². The van der Waals surface area contributed by atoms with Gasteiger partial charge in [0.25, 0.3) is 5.88 Å². The van der Waals surface area contributed by atoms with Crippen LogP contribution in [0.2, 0.25) is 0 Å². The van der Waals surface area contributed by atoms with Crippen LogP contribution in [0.4, 0.5) is 0 Å². The Morgan fingerprint density at radius 1 is 1.10 bits per heavy atom. The molecule has 0 saturated carbocycles. The normalized spacial score (nSPS) is 10.7. The number of hydrogen-bond acceptors (Lipinski definition) is 5. The average Bonchev–Trinajstić information content (AvgIpc) is 2.96. The SMILES string of the molecule is CCCCCCCCOc1nsnc1-c1cccnc1. The van der Waals surface area contributed by atoms with Crippen LogP contribution in [-0.2, 0) is 0 Å². The summed E-state index contributed by atoms with van der Waals surface area (Å²) in [6.07, 6.45) is 11.1. The van der Waals surface area contributed by atoms with Crippen molar-refractivity contribution in [1.82, 2.24) is 13.7 Å². The summed E-state index contributed by atoms with van der Waals surface area (Å²) in [7, 11) is 0. The molecular formula is C15H21N3OS. The molecule has 0 aliphatic rings. The van der Waals surface area contributed by atoms with Gasteiger partial charge in [0.2, 0.25) is 0 Å². The van der Waals surface area contributed by atoms with Crippen molar-refractivity contribution >= 4 is 11.7 Å². The number of unbranched alkanes of at least 4 members (excludes halogenated alkanes) is 5. The van der Waals surface area contributed by atoms with E-state index in [2.05, 4.69) is 20.7 Å². The molecule has 0 fully saturated rings. The molecule has 2 heterocycles. The van der Waals surface area contributed by atoms with Gasteiger partial charge in [-0.1, -0.05) is 39.0 Å². The summed E-state index contributed by atoms with van der Waals surface area (Å²) >= 11 is 1.18. The quantitative estimate of drug-likeness (QED) is 0.645. The lowest BCUT2D eigenvalue weighted by Crippen LogP contribution is -1.99. The molecule has 0 radical (unpaired) electrons. The molecule has 0 bridgehead atoms. The molecule has 0 unspecified atom stereocenters. The number of pyridine rings is 1. The third-order valence-electron chi connectivity index (χ3n) is 3.13. The summed E-state index contributed by atoms with van der Waals surface area (Å²) in [5, 5.41) is 0. The smallest absolute Gasteiger partial charge is 0.254 e. The van der Waals surface area contributed by atoms with Crippen LogP contribution in [-0.4, -0.2) is 20.3 Å². The van der Waals surface area contributed by atoms with Crippen molar-refractivity contribution in [2.45, 2.75) is 45.4 Å². The van der Waals surface area contributed by atoms with Gasteiger partial charge < -0.3 is 4.74 Å². The van der Waals surface area contributed by atoms with Crippen molar-refractivity contribution in [2.24, 2.45) is 0 Å². The molecule has 20 heavy (non-hydrogen) atoms. The first-order valence-electron chi connectivity index (χ1n) is 7.27. The zero-order valence-electron chi connectivity index (χ0n) is 11.9.